The number of anilines is 4. The second kappa shape index (κ2) is 7.65. The van der Waals surface area contributed by atoms with Crippen molar-refractivity contribution in [3.05, 3.63) is 84.3 Å². The lowest BCUT2D eigenvalue weighted by Gasteiger charge is -2.22. The van der Waals surface area contributed by atoms with Crippen LogP contribution in [-0.2, 0) is 6.54 Å². The van der Waals surface area contributed by atoms with Gasteiger partial charge in [-0.2, -0.15) is 10.1 Å². The van der Waals surface area contributed by atoms with Crippen molar-refractivity contribution in [2.24, 2.45) is 0 Å². The van der Waals surface area contributed by atoms with Crippen LogP contribution in [0.15, 0.2) is 77.4 Å². The summed E-state index contributed by atoms with van der Waals surface area (Å²) in [5, 5.41) is 15.4. The largest absolute Gasteiger partial charge is 0.360 e. The number of nitrogens with one attached hydrogen (secondary N) is 1. The van der Waals surface area contributed by atoms with E-state index in [-0.39, 0.29) is 0 Å². The van der Waals surface area contributed by atoms with Crippen molar-refractivity contribution in [2.45, 2.75) is 13.5 Å². The maximum atomic E-state index is 5.08. The zero-order chi connectivity index (χ0) is 18.5. The molecule has 0 amide bonds. The van der Waals surface area contributed by atoms with E-state index in [1.54, 1.807) is 12.3 Å². The fourth-order valence-electron chi connectivity index (χ4n) is 2.68. The predicted octanol–water partition coefficient (Wildman–Crippen LogP) is 4.25. The van der Waals surface area contributed by atoms with Crippen LogP contribution in [-0.4, -0.2) is 20.3 Å². The van der Waals surface area contributed by atoms with Crippen molar-refractivity contribution < 1.29 is 4.52 Å². The Hall–Kier alpha value is -3.74. The fraction of sp³-hybridized carbons (Fsp3) is 0.100. The summed E-state index contributed by atoms with van der Waals surface area (Å²) in [5.41, 5.74) is 2.13. The molecule has 4 aromatic rings. The Kier molecular flexibility index (Phi) is 4.74. The molecule has 27 heavy (non-hydrogen) atoms. The van der Waals surface area contributed by atoms with Crippen LogP contribution < -0.4 is 10.2 Å². The van der Waals surface area contributed by atoms with Gasteiger partial charge in [0.15, 0.2) is 11.6 Å². The van der Waals surface area contributed by atoms with Gasteiger partial charge >= 0.3 is 0 Å². The molecule has 0 radical (unpaired) electrons. The van der Waals surface area contributed by atoms with Crippen LogP contribution >= 0.6 is 0 Å². The summed E-state index contributed by atoms with van der Waals surface area (Å²) in [5.74, 6) is 2.33. The van der Waals surface area contributed by atoms with Gasteiger partial charge in [0.1, 0.15) is 5.76 Å². The van der Waals surface area contributed by atoms with Gasteiger partial charge in [0.05, 0.1) is 12.7 Å². The molecule has 0 atom stereocenters. The average molecular weight is 358 g/mol. The minimum absolute atomic E-state index is 0.496. The molecule has 0 saturated heterocycles. The molecule has 0 unspecified atom stereocenters. The summed E-state index contributed by atoms with van der Waals surface area (Å²) < 4.78 is 5.08. The van der Waals surface area contributed by atoms with E-state index in [1.807, 2.05) is 60.4 Å². The number of hydrogen-bond acceptors (Lipinski definition) is 7. The summed E-state index contributed by atoms with van der Waals surface area (Å²) in [6, 6.07) is 22.0. The van der Waals surface area contributed by atoms with Crippen LogP contribution in [0, 0.1) is 6.92 Å². The molecule has 0 fully saturated rings. The smallest absolute Gasteiger partial charge is 0.252 e. The normalized spacial score (nSPS) is 10.6. The Balaban J connectivity index is 1.66. The molecule has 134 valence electrons. The number of aryl methyl sites for hydroxylation is 1. The van der Waals surface area contributed by atoms with E-state index < -0.39 is 0 Å². The topological polar surface area (TPSA) is 80.0 Å². The van der Waals surface area contributed by atoms with Crippen LogP contribution in [0.25, 0.3) is 0 Å². The van der Waals surface area contributed by atoms with E-state index in [4.69, 9.17) is 4.52 Å². The third-order valence-electron chi connectivity index (χ3n) is 3.92. The first kappa shape index (κ1) is 16.7. The van der Waals surface area contributed by atoms with Gasteiger partial charge < -0.3 is 14.7 Å². The first-order chi connectivity index (χ1) is 13.3. The van der Waals surface area contributed by atoms with E-state index >= 15 is 0 Å². The maximum absolute atomic E-state index is 5.08. The summed E-state index contributed by atoms with van der Waals surface area (Å²) >= 11 is 0. The lowest BCUT2D eigenvalue weighted by molar-refractivity contribution is 0.400. The van der Waals surface area contributed by atoms with Crippen molar-refractivity contribution in [1.82, 2.24) is 20.3 Å². The molecule has 0 bridgehead atoms. The van der Waals surface area contributed by atoms with Crippen LogP contribution in [0.2, 0.25) is 0 Å². The van der Waals surface area contributed by atoms with Gasteiger partial charge in [-0.15, -0.1) is 5.10 Å². The first-order valence-corrected chi connectivity index (χ1v) is 8.54. The standard InChI is InChI=1S/C20H18N6O/c1-15-12-18(25-27-15)22-19-13-21-24-20(23-19)26(17-10-6-3-7-11-17)14-16-8-4-2-5-9-16/h2-13H,14H2,1H3,(H,22,23,24,25). The SMILES string of the molecule is Cc1cc(Nc2cnnc(N(Cc3ccccc3)c3ccccc3)n2)no1. The van der Waals surface area contributed by atoms with Gasteiger partial charge in [-0.05, 0) is 24.6 Å². The van der Waals surface area contributed by atoms with Gasteiger partial charge in [-0.3, -0.25) is 0 Å². The Morgan fingerprint density at radius 2 is 1.70 bits per heavy atom. The molecular formula is C20H18N6O. The second-order valence-electron chi connectivity index (χ2n) is 6.00. The molecule has 0 aliphatic rings. The Morgan fingerprint density at radius 3 is 2.41 bits per heavy atom. The second-order valence-corrected chi connectivity index (χ2v) is 6.00. The van der Waals surface area contributed by atoms with Crippen molar-refractivity contribution in [3.8, 4) is 0 Å². The lowest BCUT2D eigenvalue weighted by Crippen LogP contribution is -2.20. The van der Waals surface area contributed by atoms with Crippen LogP contribution in [0.1, 0.15) is 11.3 Å². The van der Waals surface area contributed by atoms with Crippen LogP contribution in [0.3, 0.4) is 0 Å². The number of nitrogens with zero attached hydrogens (tertiary/aromatic N) is 5. The number of benzene rings is 2. The Labute approximate surface area is 156 Å². The average Bonchev–Trinajstić information content (AvgIpc) is 3.12. The van der Waals surface area contributed by atoms with Crippen molar-refractivity contribution >= 4 is 23.3 Å². The van der Waals surface area contributed by atoms with E-state index in [0.717, 1.165) is 17.0 Å². The molecule has 1 N–H and O–H groups in total. The third kappa shape index (κ3) is 4.09. The quantitative estimate of drug-likeness (QED) is 0.552. The van der Waals surface area contributed by atoms with E-state index in [1.165, 1.54) is 0 Å². The van der Waals surface area contributed by atoms with E-state index in [0.29, 0.717) is 24.1 Å². The number of para-hydroxylation sites is 1. The van der Waals surface area contributed by atoms with E-state index in [2.05, 4.69) is 37.8 Å². The molecule has 0 spiro atoms. The zero-order valence-electron chi connectivity index (χ0n) is 14.8. The zero-order valence-corrected chi connectivity index (χ0v) is 14.8. The number of hydrogen-bond donors (Lipinski definition) is 1. The highest BCUT2D eigenvalue weighted by Crippen LogP contribution is 2.25. The summed E-state index contributed by atoms with van der Waals surface area (Å²) in [6.07, 6.45) is 1.55. The lowest BCUT2D eigenvalue weighted by atomic mass is 10.2. The van der Waals surface area contributed by atoms with E-state index in [9.17, 15) is 0 Å². The molecule has 2 heterocycles. The van der Waals surface area contributed by atoms with Crippen molar-refractivity contribution in [2.75, 3.05) is 10.2 Å². The van der Waals surface area contributed by atoms with Crippen molar-refractivity contribution in [3.63, 3.8) is 0 Å². The van der Waals surface area contributed by atoms with Gasteiger partial charge in [0.25, 0.3) is 5.95 Å². The molecule has 0 aliphatic heterocycles. The molecule has 7 nitrogen and oxygen atoms in total. The third-order valence-corrected chi connectivity index (χ3v) is 3.92. The Morgan fingerprint density at radius 1 is 0.963 bits per heavy atom. The number of aromatic nitrogens is 4. The van der Waals surface area contributed by atoms with Gasteiger partial charge in [0.2, 0.25) is 0 Å². The monoisotopic (exact) mass is 358 g/mol. The van der Waals surface area contributed by atoms with Crippen LogP contribution in [0.4, 0.5) is 23.3 Å². The van der Waals surface area contributed by atoms with Crippen molar-refractivity contribution in [1.29, 1.82) is 0 Å². The molecular weight excluding hydrogens is 340 g/mol. The highest BCUT2D eigenvalue weighted by atomic mass is 16.5. The Bertz CT molecular complexity index is 1000. The molecule has 0 aliphatic carbocycles. The highest BCUT2D eigenvalue weighted by Gasteiger charge is 2.14. The van der Waals surface area contributed by atoms with Gasteiger partial charge in [0, 0.05) is 11.8 Å². The molecule has 2 aromatic carbocycles. The van der Waals surface area contributed by atoms with Gasteiger partial charge in [-0.1, -0.05) is 53.7 Å². The molecule has 4 rings (SSSR count). The maximum Gasteiger partial charge on any atom is 0.252 e. The highest BCUT2D eigenvalue weighted by molar-refractivity contribution is 5.59. The summed E-state index contributed by atoms with van der Waals surface area (Å²) in [7, 11) is 0. The fourth-order valence-corrected chi connectivity index (χ4v) is 2.68. The minimum atomic E-state index is 0.496. The predicted molar refractivity (Wildman–Crippen MR) is 103 cm³/mol. The minimum Gasteiger partial charge on any atom is -0.360 e. The van der Waals surface area contributed by atoms with Crippen LogP contribution in [0.5, 0.6) is 0 Å². The van der Waals surface area contributed by atoms with Gasteiger partial charge in [-0.25, -0.2) is 0 Å². The summed E-state index contributed by atoms with van der Waals surface area (Å²) in [4.78, 5) is 6.63. The summed E-state index contributed by atoms with van der Waals surface area (Å²) in [6.45, 7) is 2.46. The first-order valence-electron chi connectivity index (χ1n) is 8.54. The molecule has 7 heteroatoms. The number of rotatable bonds is 6. The molecule has 0 saturated carbocycles. The molecule has 2 aromatic heterocycles.